The van der Waals surface area contributed by atoms with Crippen molar-refractivity contribution >= 4 is 33.0 Å². The highest BCUT2D eigenvalue weighted by molar-refractivity contribution is 7.89. The van der Waals surface area contributed by atoms with E-state index in [0.717, 1.165) is 22.5 Å². The average Bonchev–Trinajstić information content (AvgIpc) is 2.71. The Labute approximate surface area is 179 Å². The van der Waals surface area contributed by atoms with Crippen LogP contribution in [0.15, 0.2) is 41.3 Å². The molecule has 0 unspecified atom stereocenters. The lowest BCUT2D eigenvalue weighted by Gasteiger charge is -2.20. The van der Waals surface area contributed by atoms with Crippen LogP contribution in [-0.2, 0) is 14.8 Å². The number of aryl methyl sites for hydroxylation is 2. The number of hydrogen-bond acceptors (Lipinski definition) is 5. The van der Waals surface area contributed by atoms with E-state index in [0.29, 0.717) is 25.3 Å². The zero-order chi connectivity index (χ0) is 22.3. The second kappa shape index (κ2) is 10.4. The smallest absolute Gasteiger partial charge is 0.243 e. The second-order valence-corrected chi connectivity index (χ2v) is 8.93. The third-order valence-electron chi connectivity index (χ3n) is 4.89. The molecule has 1 amide bonds. The maximum atomic E-state index is 12.9. The van der Waals surface area contributed by atoms with Gasteiger partial charge in [-0.05, 0) is 50.1 Å². The monoisotopic (exact) mass is 432 g/mol. The van der Waals surface area contributed by atoms with Gasteiger partial charge in [0.05, 0.1) is 22.8 Å². The summed E-state index contributed by atoms with van der Waals surface area (Å²) in [6.45, 7) is 11.0. The van der Waals surface area contributed by atoms with E-state index in [1.54, 1.807) is 18.2 Å². The van der Waals surface area contributed by atoms with Crippen LogP contribution in [0.5, 0.6) is 0 Å². The van der Waals surface area contributed by atoms with E-state index in [2.05, 4.69) is 16.0 Å². The quantitative estimate of drug-likeness (QED) is 0.531. The Morgan fingerprint density at radius 3 is 2.13 bits per heavy atom. The summed E-state index contributed by atoms with van der Waals surface area (Å²) < 4.78 is 27.1. The van der Waals surface area contributed by atoms with Gasteiger partial charge in [-0.3, -0.25) is 4.79 Å². The first-order valence-corrected chi connectivity index (χ1v) is 11.7. The average molecular weight is 433 g/mol. The molecule has 0 fully saturated rings. The van der Waals surface area contributed by atoms with E-state index in [-0.39, 0.29) is 17.3 Å². The van der Waals surface area contributed by atoms with E-state index in [4.69, 9.17) is 0 Å². The van der Waals surface area contributed by atoms with Gasteiger partial charge in [0.25, 0.3) is 0 Å². The minimum atomic E-state index is -3.59. The molecule has 0 aliphatic carbocycles. The zero-order valence-electron chi connectivity index (χ0n) is 18.4. The van der Waals surface area contributed by atoms with Gasteiger partial charge in [0.15, 0.2) is 0 Å². The number of anilines is 3. The Kier molecular flexibility index (Phi) is 8.25. The highest BCUT2D eigenvalue weighted by Crippen LogP contribution is 2.27. The number of benzene rings is 2. The predicted octanol–water partition coefficient (Wildman–Crippen LogP) is 3.82. The molecule has 3 N–H and O–H groups in total. The van der Waals surface area contributed by atoms with E-state index in [1.807, 2.05) is 52.8 Å². The standard InChI is InChI=1S/C22H32N4O3S/c1-6-23-19-13-12-18(30(28,29)26(7-2)8-3)14-20(19)24-15-21(27)25-22-16(4)10-9-11-17(22)5/h9-14,23-24H,6-8,15H2,1-5H3,(H,25,27). The first kappa shape index (κ1) is 23.7. The molecule has 8 heteroatoms. The van der Waals surface area contributed by atoms with Crippen LogP contribution in [0.25, 0.3) is 0 Å². The van der Waals surface area contributed by atoms with Gasteiger partial charge in [-0.15, -0.1) is 0 Å². The lowest BCUT2D eigenvalue weighted by atomic mass is 10.1. The SMILES string of the molecule is CCNc1ccc(S(=O)(=O)N(CC)CC)cc1NCC(=O)Nc1c(C)cccc1C. The molecule has 0 radical (unpaired) electrons. The van der Waals surface area contributed by atoms with Crippen molar-refractivity contribution < 1.29 is 13.2 Å². The third kappa shape index (κ3) is 5.52. The van der Waals surface area contributed by atoms with Crippen LogP contribution in [0, 0.1) is 13.8 Å². The summed E-state index contributed by atoms with van der Waals surface area (Å²) in [5.74, 6) is -0.202. The second-order valence-electron chi connectivity index (χ2n) is 7.00. The Balaban J connectivity index is 2.23. The normalized spacial score (nSPS) is 11.4. The topological polar surface area (TPSA) is 90.5 Å². The van der Waals surface area contributed by atoms with Gasteiger partial charge in [0.1, 0.15) is 0 Å². The molecule has 0 aromatic heterocycles. The van der Waals surface area contributed by atoms with Crippen LogP contribution in [0.1, 0.15) is 31.9 Å². The van der Waals surface area contributed by atoms with Gasteiger partial charge in [-0.25, -0.2) is 8.42 Å². The summed E-state index contributed by atoms with van der Waals surface area (Å²) in [4.78, 5) is 12.7. The number of sulfonamides is 1. The molecule has 164 valence electrons. The van der Waals surface area contributed by atoms with Crippen molar-refractivity contribution in [2.75, 3.05) is 42.1 Å². The first-order chi connectivity index (χ1) is 14.2. The number of nitrogens with zero attached hydrogens (tertiary/aromatic N) is 1. The number of carbonyl (C=O) groups is 1. The Morgan fingerprint density at radius 1 is 0.933 bits per heavy atom. The third-order valence-corrected chi connectivity index (χ3v) is 6.93. The van der Waals surface area contributed by atoms with E-state index < -0.39 is 10.0 Å². The molecular weight excluding hydrogens is 400 g/mol. The summed E-state index contributed by atoms with van der Waals surface area (Å²) in [6.07, 6.45) is 0. The van der Waals surface area contributed by atoms with Gasteiger partial charge >= 0.3 is 0 Å². The van der Waals surface area contributed by atoms with Gasteiger partial charge in [0, 0.05) is 25.3 Å². The number of carbonyl (C=O) groups excluding carboxylic acids is 1. The van der Waals surface area contributed by atoms with Crippen LogP contribution in [0.3, 0.4) is 0 Å². The largest absolute Gasteiger partial charge is 0.384 e. The molecule has 2 aromatic carbocycles. The van der Waals surface area contributed by atoms with Crippen molar-refractivity contribution in [3.05, 3.63) is 47.5 Å². The number of rotatable bonds is 10. The lowest BCUT2D eigenvalue weighted by molar-refractivity contribution is -0.114. The highest BCUT2D eigenvalue weighted by Gasteiger charge is 2.22. The number of hydrogen-bond donors (Lipinski definition) is 3. The molecule has 30 heavy (non-hydrogen) atoms. The fraction of sp³-hybridized carbons (Fsp3) is 0.409. The molecule has 2 rings (SSSR count). The molecule has 2 aromatic rings. The summed E-state index contributed by atoms with van der Waals surface area (Å²) in [5.41, 5.74) is 4.10. The fourth-order valence-corrected chi connectivity index (χ4v) is 4.74. The van der Waals surface area contributed by atoms with Crippen LogP contribution in [0.2, 0.25) is 0 Å². The highest BCUT2D eigenvalue weighted by atomic mass is 32.2. The Bertz CT molecular complexity index is 966. The summed E-state index contributed by atoms with van der Waals surface area (Å²) >= 11 is 0. The molecule has 0 saturated heterocycles. The summed E-state index contributed by atoms with van der Waals surface area (Å²) in [5, 5.41) is 9.22. The van der Waals surface area contributed by atoms with Crippen molar-refractivity contribution in [2.45, 2.75) is 39.5 Å². The van der Waals surface area contributed by atoms with Crippen molar-refractivity contribution in [3.8, 4) is 0 Å². The zero-order valence-corrected chi connectivity index (χ0v) is 19.2. The Morgan fingerprint density at radius 2 is 1.57 bits per heavy atom. The Hall–Kier alpha value is -2.58. The van der Waals surface area contributed by atoms with Crippen LogP contribution >= 0.6 is 0 Å². The first-order valence-electron chi connectivity index (χ1n) is 10.2. The van der Waals surface area contributed by atoms with Crippen LogP contribution in [-0.4, -0.2) is 44.8 Å². The summed E-state index contributed by atoms with van der Waals surface area (Å²) in [6, 6.07) is 10.7. The minimum absolute atomic E-state index is 0.0148. The number of amides is 1. The number of nitrogens with one attached hydrogen (secondary N) is 3. The van der Waals surface area contributed by atoms with Crippen LogP contribution in [0.4, 0.5) is 17.1 Å². The van der Waals surface area contributed by atoms with Crippen molar-refractivity contribution in [1.82, 2.24) is 4.31 Å². The number of para-hydroxylation sites is 1. The molecule has 7 nitrogen and oxygen atoms in total. The summed E-state index contributed by atoms with van der Waals surface area (Å²) in [7, 11) is -3.59. The van der Waals surface area contributed by atoms with E-state index in [9.17, 15) is 13.2 Å². The minimum Gasteiger partial charge on any atom is -0.384 e. The van der Waals surface area contributed by atoms with Gasteiger partial charge in [-0.2, -0.15) is 4.31 Å². The van der Waals surface area contributed by atoms with E-state index in [1.165, 1.54) is 4.31 Å². The molecular formula is C22H32N4O3S. The van der Waals surface area contributed by atoms with Crippen molar-refractivity contribution in [1.29, 1.82) is 0 Å². The van der Waals surface area contributed by atoms with Gasteiger partial charge in [0.2, 0.25) is 15.9 Å². The fourth-order valence-electron chi connectivity index (χ4n) is 3.26. The maximum Gasteiger partial charge on any atom is 0.243 e. The maximum absolute atomic E-state index is 12.9. The van der Waals surface area contributed by atoms with Crippen molar-refractivity contribution in [3.63, 3.8) is 0 Å². The molecule has 0 saturated carbocycles. The van der Waals surface area contributed by atoms with Gasteiger partial charge < -0.3 is 16.0 Å². The van der Waals surface area contributed by atoms with Crippen LogP contribution < -0.4 is 16.0 Å². The molecule has 0 aliphatic rings. The molecule has 0 spiro atoms. The van der Waals surface area contributed by atoms with Gasteiger partial charge in [-0.1, -0.05) is 32.0 Å². The molecule has 0 bridgehead atoms. The molecule has 0 atom stereocenters. The van der Waals surface area contributed by atoms with E-state index >= 15 is 0 Å². The molecule has 0 heterocycles. The van der Waals surface area contributed by atoms with Crippen molar-refractivity contribution in [2.24, 2.45) is 0 Å². The predicted molar refractivity (Wildman–Crippen MR) is 124 cm³/mol. The lowest BCUT2D eigenvalue weighted by Crippen LogP contribution is -2.30. The molecule has 0 aliphatic heterocycles.